The topological polar surface area (TPSA) is 134 Å². The van der Waals surface area contributed by atoms with Gasteiger partial charge in [0, 0.05) is 30.4 Å². The molecule has 0 aliphatic carbocycles. The van der Waals surface area contributed by atoms with E-state index in [4.69, 9.17) is 16.3 Å². The number of aromatic nitrogens is 2. The van der Waals surface area contributed by atoms with Crippen LogP contribution in [0.5, 0.6) is 0 Å². The molecule has 2 amide bonds. The van der Waals surface area contributed by atoms with Crippen LogP contribution in [0.3, 0.4) is 0 Å². The van der Waals surface area contributed by atoms with Gasteiger partial charge in [-0.1, -0.05) is 54.1 Å². The number of carboxylic acids is 1. The first kappa shape index (κ1) is 28.5. The van der Waals surface area contributed by atoms with E-state index in [-0.39, 0.29) is 19.0 Å². The normalized spacial score (nSPS) is 17.3. The van der Waals surface area contributed by atoms with Gasteiger partial charge in [-0.2, -0.15) is 0 Å². The van der Waals surface area contributed by atoms with E-state index in [1.54, 1.807) is 18.2 Å². The van der Waals surface area contributed by atoms with E-state index in [1.807, 2.05) is 44.2 Å². The van der Waals surface area contributed by atoms with E-state index in [1.165, 1.54) is 11.1 Å². The fourth-order valence-electron chi connectivity index (χ4n) is 5.34. The maximum atomic E-state index is 13.6. The van der Waals surface area contributed by atoms with Crippen LogP contribution >= 0.6 is 11.6 Å². The minimum Gasteiger partial charge on any atom is -0.481 e. The van der Waals surface area contributed by atoms with Gasteiger partial charge in [-0.3, -0.25) is 14.4 Å². The van der Waals surface area contributed by atoms with Gasteiger partial charge in [0.05, 0.1) is 34.9 Å². The van der Waals surface area contributed by atoms with Crippen LogP contribution in [-0.4, -0.2) is 63.6 Å². The van der Waals surface area contributed by atoms with Crippen LogP contribution in [0, 0.1) is 0 Å². The summed E-state index contributed by atoms with van der Waals surface area (Å²) in [5, 5.41) is 16.2. The fourth-order valence-corrected chi connectivity index (χ4v) is 5.54. The smallest absolute Gasteiger partial charge is 0.305 e. The Bertz CT molecular complexity index is 1460. The van der Waals surface area contributed by atoms with Crippen LogP contribution in [0.15, 0.2) is 54.7 Å². The Morgan fingerprint density at radius 3 is 2.59 bits per heavy atom. The molecule has 41 heavy (non-hydrogen) atoms. The standard InChI is InChI=1S/C30H32ClN5O5/c1-30(2,19-6-4-3-5-7-19)35-25(37)17-36-24(15-26(38)39)21-9-8-18(14-22(21)28(36)40)27-23(31)16-32-29(34-27)33-20-10-12-41-13-11-20/h3-9,14,16,20,24H,10-13,15,17H2,1-2H3,(H,35,37)(H,38,39)(H,32,33,34). The molecule has 214 valence electrons. The van der Waals surface area contributed by atoms with Gasteiger partial charge in [0.25, 0.3) is 5.91 Å². The fraction of sp³-hybridized carbons (Fsp3) is 0.367. The predicted octanol–water partition coefficient (Wildman–Crippen LogP) is 4.41. The van der Waals surface area contributed by atoms with Gasteiger partial charge in [0.2, 0.25) is 11.9 Å². The summed E-state index contributed by atoms with van der Waals surface area (Å²) in [5.74, 6) is -1.46. The lowest BCUT2D eigenvalue weighted by Crippen LogP contribution is -2.47. The van der Waals surface area contributed by atoms with Crippen molar-refractivity contribution in [2.75, 3.05) is 25.1 Å². The molecule has 3 N–H and O–H groups in total. The number of nitrogens with one attached hydrogen (secondary N) is 2. The van der Waals surface area contributed by atoms with Crippen molar-refractivity contribution in [2.45, 2.75) is 50.7 Å². The van der Waals surface area contributed by atoms with Gasteiger partial charge in [0.15, 0.2) is 0 Å². The number of hydrogen-bond acceptors (Lipinski definition) is 7. The van der Waals surface area contributed by atoms with Crippen molar-refractivity contribution >= 4 is 35.3 Å². The first-order valence-electron chi connectivity index (χ1n) is 13.5. The number of aliphatic carboxylic acids is 1. The first-order chi connectivity index (χ1) is 19.6. The summed E-state index contributed by atoms with van der Waals surface area (Å²) in [6.07, 6.45) is 2.86. The van der Waals surface area contributed by atoms with Gasteiger partial charge in [0.1, 0.15) is 6.54 Å². The number of fused-ring (bicyclic) bond motifs is 1. The molecule has 0 spiro atoms. The Kier molecular flexibility index (Phi) is 8.23. The zero-order chi connectivity index (χ0) is 29.1. The van der Waals surface area contributed by atoms with Crippen LogP contribution in [0.25, 0.3) is 11.3 Å². The lowest BCUT2D eigenvalue weighted by molar-refractivity contribution is -0.138. The van der Waals surface area contributed by atoms with Crippen LogP contribution in [0.2, 0.25) is 5.02 Å². The zero-order valence-corrected chi connectivity index (χ0v) is 23.6. The molecule has 0 radical (unpaired) electrons. The summed E-state index contributed by atoms with van der Waals surface area (Å²) in [6.45, 7) is 4.79. The van der Waals surface area contributed by atoms with Crippen LogP contribution < -0.4 is 10.6 Å². The highest BCUT2D eigenvalue weighted by atomic mass is 35.5. The number of rotatable bonds is 9. The van der Waals surface area contributed by atoms with E-state index >= 15 is 0 Å². The largest absolute Gasteiger partial charge is 0.481 e. The van der Waals surface area contributed by atoms with E-state index in [2.05, 4.69) is 20.6 Å². The lowest BCUT2D eigenvalue weighted by atomic mass is 9.94. The highest BCUT2D eigenvalue weighted by molar-refractivity contribution is 6.33. The molecule has 1 unspecified atom stereocenters. The van der Waals surface area contributed by atoms with E-state index in [0.717, 1.165) is 18.4 Å². The lowest BCUT2D eigenvalue weighted by Gasteiger charge is -2.29. The van der Waals surface area contributed by atoms with Crippen molar-refractivity contribution in [3.05, 3.63) is 76.4 Å². The molecule has 2 aliphatic rings. The predicted molar refractivity (Wildman–Crippen MR) is 154 cm³/mol. The Morgan fingerprint density at radius 1 is 1.15 bits per heavy atom. The molecule has 1 fully saturated rings. The van der Waals surface area contributed by atoms with Gasteiger partial charge >= 0.3 is 5.97 Å². The number of benzene rings is 2. The second-order valence-corrected chi connectivity index (χ2v) is 11.2. The summed E-state index contributed by atoms with van der Waals surface area (Å²) in [6, 6.07) is 14.0. The van der Waals surface area contributed by atoms with Gasteiger partial charge in [-0.05, 0) is 43.9 Å². The van der Waals surface area contributed by atoms with Crippen LogP contribution in [-0.2, 0) is 19.9 Å². The molecule has 2 aromatic carbocycles. The number of carbonyl (C=O) groups is 3. The molecule has 1 saturated heterocycles. The molecule has 0 saturated carbocycles. The van der Waals surface area contributed by atoms with Crippen molar-refractivity contribution in [1.82, 2.24) is 20.2 Å². The Balaban J connectivity index is 1.39. The molecule has 3 heterocycles. The highest BCUT2D eigenvalue weighted by Crippen LogP contribution is 2.39. The van der Waals surface area contributed by atoms with Crippen LogP contribution in [0.4, 0.5) is 5.95 Å². The van der Waals surface area contributed by atoms with E-state index in [0.29, 0.717) is 46.6 Å². The number of nitrogens with zero attached hydrogens (tertiary/aromatic N) is 3. The average molecular weight is 578 g/mol. The van der Waals surface area contributed by atoms with Crippen molar-refractivity contribution in [2.24, 2.45) is 0 Å². The molecular formula is C30H32ClN5O5. The second kappa shape index (κ2) is 11.8. The number of ether oxygens (including phenoxy) is 1. The molecule has 5 rings (SSSR count). The Labute approximate surface area is 243 Å². The van der Waals surface area contributed by atoms with Crippen molar-refractivity contribution in [3.63, 3.8) is 0 Å². The molecule has 2 aliphatic heterocycles. The minimum absolute atomic E-state index is 0.183. The maximum Gasteiger partial charge on any atom is 0.305 e. The third-order valence-corrected chi connectivity index (χ3v) is 7.76. The monoisotopic (exact) mass is 577 g/mol. The number of amides is 2. The van der Waals surface area contributed by atoms with Crippen molar-refractivity contribution in [3.8, 4) is 11.3 Å². The van der Waals surface area contributed by atoms with Gasteiger partial charge in [-0.25, -0.2) is 9.97 Å². The number of carboxylic acid groups (broad SMARTS) is 1. The Hall–Kier alpha value is -4.02. The van der Waals surface area contributed by atoms with Crippen molar-refractivity contribution in [1.29, 1.82) is 0 Å². The molecule has 11 heteroatoms. The number of hydrogen-bond donors (Lipinski definition) is 3. The maximum absolute atomic E-state index is 13.6. The van der Waals surface area contributed by atoms with E-state index in [9.17, 15) is 19.5 Å². The Morgan fingerprint density at radius 2 is 1.88 bits per heavy atom. The summed E-state index contributed by atoms with van der Waals surface area (Å²) in [7, 11) is 0. The zero-order valence-electron chi connectivity index (χ0n) is 22.9. The summed E-state index contributed by atoms with van der Waals surface area (Å²) >= 11 is 6.47. The second-order valence-electron chi connectivity index (χ2n) is 10.8. The van der Waals surface area contributed by atoms with Crippen molar-refractivity contribution < 1.29 is 24.2 Å². The summed E-state index contributed by atoms with van der Waals surface area (Å²) in [4.78, 5) is 48.8. The molecular weight excluding hydrogens is 546 g/mol. The SMILES string of the molecule is CC(C)(NC(=O)CN1C(=O)c2cc(-c3nc(NC4CCOCC4)ncc3Cl)ccc2C1CC(=O)O)c1ccccc1. The third kappa shape index (κ3) is 6.34. The summed E-state index contributed by atoms with van der Waals surface area (Å²) in [5.41, 5.74) is 2.11. The molecule has 10 nitrogen and oxygen atoms in total. The molecule has 1 atom stereocenters. The highest BCUT2D eigenvalue weighted by Gasteiger charge is 2.40. The number of halogens is 1. The first-order valence-corrected chi connectivity index (χ1v) is 13.9. The quantitative estimate of drug-likeness (QED) is 0.340. The molecule has 1 aromatic heterocycles. The summed E-state index contributed by atoms with van der Waals surface area (Å²) < 4.78 is 5.41. The van der Waals surface area contributed by atoms with E-state index < -0.39 is 29.4 Å². The minimum atomic E-state index is -1.07. The molecule has 0 bridgehead atoms. The van der Waals surface area contributed by atoms with Gasteiger partial charge < -0.3 is 25.4 Å². The number of anilines is 1. The third-order valence-electron chi connectivity index (χ3n) is 7.48. The average Bonchev–Trinajstić information content (AvgIpc) is 3.19. The number of carbonyl (C=O) groups excluding carboxylic acids is 2. The van der Waals surface area contributed by atoms with Gasteiger partial charge in [-0.15, -0.1) is 0 Å². The van der Waals surface area contributed by atoms with Crippen LogP contribution in [0.1, 0.15) is 60.6 Å². The molecule has 3 aromatic rings.